The van der Waals surface area contributed by atoms with Crippen molar-refractivity contribution >= 4 is 23.4 Å². The number of hydrogen-bond donors (Lipinski definition) is 1. The number of ether oxygens (including phenoxy) is 1. The fraction of sp³-hybridized carbons (Fsp3) is 0.160. The Hall–Kier alpha value is -3.72. The molecule has 2 atom stereocenters. The Kier molecular flexibility index (Phi) is 7.22. The van der Waals surface area contributed by atoms with Crippen LogP contribution in [-0.4, -0.2) is 25.9 Å². The summed E-state index contributed by atoms with van der Waals surface area (Å²) in [6.07, 6.45) is -0.518. The molecule has 9 heteroatoms. The number of halogens is 2. The van der Waals surface area contributed by atoms with Gasteiger partial charge in [0.2, 0.25) is 5.91 Å². The van der Waals surface area contributed by atoms with Crippen LogP contribution in [0.3, 0.4) is 0 Å². The van der Waals surface area contributed by atoms with E-state index in [2.05, 4.69) is 15.5 Å². The average molecular weight is 481 g/mol. The highest BCUT2D eigenvalue weighted by molar-refractivity contribution is 8.00. The standard InChI is InChI=1S/C25H22F2N4O2S/c1-16(33-20-14-12-18(26)13-15-20)23-29-30-25(31(23)19-8-4-3-5-9-19)34-17(2)24(32)28-22-11-7-6-10-21(22)27/h3-17H,1-2H3,(H,28,32). The number of para-hydroxylation sites is 2. The van der Waals surface area contributed by atoms with Gasteiger partial charge in [0.15, 0.2) is 17.1 Å². The monoisotopic (exact) mass is 480 g/mol. The predicted octanol–water partition coefficient (Wildman–Crippen LogP) is 5.80. The summed E-state index contributed by atoms with van der Waals surface area (Å²) in [5, 5.41) is 11.1. The van der Waals surface area contributed by atoms with Gasteiger partial charge in [-0.05, 0) is 62.4 Å². The van der Waals surface area contributed by atoms with Gasteiger partial charge in [-0.25, -0.2) is 8.78 Å². The van der Waals surface area contributed by atoms with Gasteiger partial charge >= 0.3 is 0 Å². The van der Waals surface area contributed by atoms with E-state index in [1.807, 2.05) is 41.8 Å². The topological polar surface area (TPSA) is 69.0 Å². The molecule has 0 radical (unpaired) electrons. The molecule has 0 spiro atoms. The quantitative estimate of drug-likeness (QED) is 0.323. The SMILES string of the molecule is CC(Sc1nnc(C(C)Oc2ccc(F)cc2)n1-c1ccccc1)C(=O)Nc1ccccc1F. The number of benzene rings is 3. The van der Waals surface area contributed by atoms with E-state index in [9.17, 15) is 13.6 Å². The van der Waals surface area contributed by atoms with Crippen LogP contribution in [-0.2, 0) is 4.79 Å². The summed E-state index contributed by atoms with van der Waals surface area (Å²) in [6.45, 7) is 3.53. The molecule has 174 valence electrons. The lowest BCUT2D eigenvalue weighted by Gasteiger charge is -2.17. The normalized spacial score (nSPS) is 12.7. The van der Waals surface area contributed by atoms with Crippen molar-refractivity contribution in [1.82, 2.24) is 14.8 Å². The van der Waals surface area contributed by atoms with E-state index in [0.717, 1.165) is 5.69 Å². The Labute approximate surface area is 200 Å². The molecule has 1 heterocycles. The maximum Gasteiger partial charge on any atom is 0.237 e. The summed E-state index contributed by atoms with van der Waals surface area (Å²) in [5.41, 5.74) is 0.910. The lowest BCUT2D eigenvalue weighted by molar-refractivity contribution is -0.115. The second-order valence-corrected chi connectivity index (χ2v) is 8.76. The molecule has 0 bridgehead atoms. The number of carbonyl (C=O) groups excluding carboxylic acids is 1. The molecule has 2 unspecified atom stereocenters. The van der Waals surface area contributed by atoms with Crippen molar-refractivity contribution in [3.8, 4) is 11.4 Å². The first-order valence-electron chi connectivity index (χ1n) is 10.6. The first-order chi connectivity index (χ1) is 16.4. The third-order valence-electron chi connectivity index (χ3n) is 4.95. The van der Waals surface area contributed by atoms with Crippen molar-refractivity contribution < 1.29 is 18.3 Å². The lowest BCUT2D eigenvalue weighted by Crippen LogP contribution is -2.23. The van der Waals surface area contributed by atoms with Crippen LogP contribution in [0.1, 0.15) is 25.8 Å². The summed E-state index contributed by atoms with van der Waals surface area (Å²) in [4.78, 5) is 12.7. The van der Waals surface area contributed by atoms with Crippen molar-refractivity contribution in [2.45, 2.75) is 30.4 Å². The number of carbonyl (C=O) groups is 1. The second kappa shape index (κ2) is 10.5. The second-order valence-electron chi connectivity index (χ2n) is 7.45. The van der Waals surface area contributed by atoms with Gasteiger partial charge in [0, 0.05) is 5.69 Å². The van der Waals surface area contributed by atoms with Crippen LogP contribution < -0.4 is 10.1 Å². The molecule has 34 heavy (non-hydrogen) atoms. The van der Waals surface area contributed by atoms with Crippen LogP contribution >= 0.6 is 11.8 Å². The molecule has 1 N–H and O–H groups in total. The molecule has 1 amide bonds. The van der Waals surface area contributed by atoms with E-state index in [4.69, 9.17) is 4.74 Å². The highest BCUT2D eigenvalue weighted by Crippen LogP contribution is 2.30. The molecular weight excluding hydrogens is 458 g/mol. The predicted molar refractivity (Wildman–Crippen MR) is 127 cm³/mol. The van der Waals surface area contributed by atoms with E-state index in [0.29, 0.717) is 16.7 Å². The highest BCUT2D eigenvalue weighted by atomic mass is 32.2. The third-order valence-corrected chi connectivity index (χ3v) is 5.99. The molecule has 0 aliphatic rings. The Balaban J connectivity index is 1.58. The van der Waals surface area contributed by atoms with E-state index in [1.54, 1.807) is 31.2 Å². The molecule has 0 saturated heterocycles. The van der Waals surface area contributed by atoms with Crippen molar-refractivity contribution in [1.29, 1.82) is 0 Å². The van der Waals surface area contributed by atoms with Crippen molar-refractivity contribution in [2.75, 3.05) is 5.32 Å². The summed E-state index contributed by atoms with van der Waals surface area (Å²) < 4.78 is 34.9. The Morgan fingerprint density at radius 2 is 1.62 bits per heavy atom. The first kappa shape index (κ1) is 23.4. The molecule has 3 aromatic carbocycles. The minimum atomic E-state index is -0.590. The number of rotatable bonds is 8. The lowest BCUT2D eigenvalue weighted by atomic mass is 10.3. The molecule has 1 aromatic heterocycles. The van der Waals surface area contributed by atoms with Gasteiger partial charge < -0.3 is 10.1 Å². The van der Waals surface area contributed by atoms with E-state index < -0.39 is 17.2 Å². The van der Waals surface area contributed by atoms with Crippen molar-refractivity contribution in [3.63, 3.8) is 0 Å². The average Bonchev–Trinajstić information content (AvgIpc) is 3.26. The summed E-state index contributed by atoms with van der Waals surface area (Å²) in [7, 11) is 0. The summed E-state index contributed by atoms with van der Waals surface area (Å²) >= 11 is 1.19. The van der Waals surface area contributed by atoms with E-state index in [-0.39, 0.29) is 17.4 Å². The molecular formula is C25H22F2N4O2S. The van der Waals surface area contributed by atoms with Gasteiger partial charge in [0.05, 0.1) is 10.9 Å². The third kappa shape index (κ3) is 5.43. The number of anilines is 1. The number of thioether (sulfide) groups is 1. The number of amides is 1. The van der Waals surface area contributed by atoms with Crippen LogP contribution in [0.15, 0.2) is 84.0 Å². The zero-order chi connectivity index (χ0) is 24.1. The van der Waals surface area contributed by atoms with Gasteiger partial charge in [0.1, 0.15) is 17.4 Å². The van der Waals surface area contributed by atoms with E-state index in [1.165, 1.54) is 36.0 Å². The number of aromatic nitrogens is 3. The smallest absolute Gasteiger partial charge is 0.237 e. The molecule has 4 aromatic rings. The zero-order valence-corrected chi connectivity index (χ0v) is 19.3. The van der Waals surface area contributed by atoms with Crippen molar-refractivity contribution in [3.05, 3.63) is 96.3 Å². The molecule has 6 nitrogen and oxygen atoms in total. The van der Waals surface area contributed by atoms with Crippen LogP contribution in [0, 0.1) is 11.6 Å². The molecule has 0 saturated carbocycles. The van der Waals surface area contributed by atoms with Crippen molar-refractivity contribution in [2.24, 2.45) is 0 Å². The fourth-order valence-electron chi connectivity index (χ4n) is 3.22. The van der Waals surface area contributed by atoms with Gasteiger partial charge in [0.25, 0.3) is 0 Å². The number of nitrogens with zero attached hydrogens (tertiary/aromatic N) is 3. The molecule has 0 fully saturated rings. The first-order valence-corrected chi connectivity index (χ1v) is 11.5. The minimum absolute atomic E-state index is 0.117. The Bertz CT molecular complexity index is 1270. The summed E-state index contributed by atoms with van der Waals surface area (Å²) in [5.74, 6) is -0.221. The van der Waals surface area contributed by atoms with E-state index >= 15 is 0 Å². The maximum atomic E-state index is 13.9. The molecule has 0 aliphatic carbocycles. The van der Waals surface area contributed by atoms with Crippen LogP contribution in [0.5, 0.6) is 5.75 Å². The fourth-order valence-corrected chi connectivity index (χ4v) is 4.09. The van der Waals surface area contributed by atoms with Gasteiger partial charge in [-0.1, -0.05) is 42.1 Å². The minimum Gasteiger partial charge on any atom is -0.483 e. The highest BCUT2D eigenvalue weighted by Gasteiger charge is 2.25. The van der Waals surface area contributed by atoms with Crippen LogP contribution in [0.4, 0.5) is 14.5 Å². The van der Waals surface area contributed by atoms with Gasteiger partial charge in [-0.2, -0.15) is 0 Å². The zero-order valence-electron chi connectivity index (χ0n) is 18.5. The largest absolute Gasteiger partial charge is 0.483 e. The Morgan fingerprint density at radius 1 is 0.941 bits per heavy atom. The number of nitrogens with one attached hydrogen (secondary N) is 1. The van der Waals surface area contributed by atoms with Gasteiger partial charge in [-0.3, -0.25) is 9.36 Å². The number of hydrogen-bond acceptors (Lipinski definition) is 5. The Morgan fingerprint density at radius 3 is 2.32 bits per heavy atom. The molecule has 4 rings (SSSR count). The van der Waals surface area contributed by atoms with Gasteiger partial charge in [-0.15, -0.1) is 10.2 Å². The van der Waals surface area contributed by atoms with Crippen LogP contribution in [0.25, 0.3) is 5.69 Å². The molecule has 0 aliphatic heterocycles. The maximum absolute atomic E-state index is 13.9. The summed E-state index contributed by atoms with van der Waals surface area (Å²) in [6, 6.07) is 21.2. The van der Waals surface area contributed by atoms with Crippen LogP contribution in [0.2, 0.25) is 0 Å².